The summed E-state index contributed by atoms with van der Waals surface area (Å²) < 4.78 is 0. The zero-order chi connectivity index (χ0) is 65.5. The van der Waals surface area contributed by atoms with Crippen molar-refractivity contribution in [1.82, 2.24) is 0 Å². The van der Waals surface area contributed by atoms with Gasteiger partial charge in [-0.25, -0.2) is 0 Å². The van der Waals surface area contributed by atoms with Crippen molar-refractivity contribution in [1.29, 1.82) is 0 Å². The van der Waals surface area contributed by atoms with Gasteiger partial charge in [0.2, 0.25) is 0 Å². The predicted octanol–water partition coefficient (Wildman–Crippen LogP) is 4.97. The molecule has 93 heavy (non-hydrogen) atoms. The number of aliphatic hydroxyl groups excluding tert-OH is 6. The molecule has 12 nitrogen and oxygen atoms in total. The molecule has 0 aromatic rings. The van der Waals surface area contributed by atoms with Crippen LogP contribution < -0.4 is 96.3 Å². The average molecular weight is 1350 g/mol. The Balaban J connectivity index is 0.000000194. The number of carbonyl (C=O) groups is 3. The SMILES string of the molecule is CC[C@H]1[C@@H](O)[C@@H]2[C@H](CC[C@]3(C)[C@@H]([C@H](C)CCC(=O)[O-])CC[C@@H]23)[C@@]2(C)CC[C@@H](O)C[C@@H]12.CC[C@H]1[C@@H](O)[C@@H]2[C@H](CC[C@]3(C)[C@@H]([C@H](C)CCC(=O)[O-])CC[C@@H]23)[C@@]2(C)CC[C@@H](O)C[C@@H]12.CC[C@H]1[C@@H](O)[C@@H]2[C@H](CC[C@]3(C)[C@@H]([C@H](C)CCC(=O)[O-])CC[C@@H]23)[C@@]2(C)CC[C@@H](O)C[C@@H]12.[K+].[Mg+2].[Na+]. The van der Waals surface area contributed by atoms with Crippen LogP contribution in [0.15, 0.2) is 0 Å². The van der Waals surface area contributed by atoms with E-state index in [0.717, 1.165) is 77.0 Å². The van der Waals surface area contributed by atoms with Crippen LogP contribution in [0.25, 0.3) is 0 Å². The molecule has 0 saturated heterocycles. The number of carboxylic acids is 3. The van der Waals surface area contributed by atoms with Crippen molar-refractivity contribution in [2.24, 2.45) is 157 Å². The van der Waals surface area contributed by atoms with Crippen molar-refractivity contribution in [2.75, 3.05) is 0 Å². The Hall–Kier alpha value is 1.57. The molecule has 0 aromatic heterocycles. The van der Waals surface area contributed by atoms with Crippen molar-refractivity contribution >= 4 is 41.0 Å². The molecule has 33 atom stereocenters. The molecule has 12 aliphatic carbocycles. The van der Waals surface area contributed by atoms with Crippen LogP contribution in [0.5, 0.6) is 0 Å². The van der Waals surface area contributed by atoms with Crippen molar-refractivity contribution in [2.45, 2.75) is 312 Å². The number of hydrogen-bond donors (Lipinski definition) is 6. The summed E-state index contributed by atoms with van der Waals surface area (Å²) in [5.74, 6) is 6.62. The van der Waals surface area contributed by atoms with Crippen molar-refractivity contribution < 1.29 is 141 Å². The minimum atomic E-state index is -0.933. The maximum atomic E-state index is 11.7. The second-order valence-electron chi connectivity index (χ2n) is 36.0. The zero-order valence-corrected chi connectivity index (χ0v) is 67.7. The van der Waals surface area contributed by atoms with E-state index < -0.39 is 17.9 Å². The van der Waals surface area contributed by atoms with Gasteiger partial charge in [0.25, 0.3) is 0 Å². The quantitative estimate of drug-likeness (QED) is 0.119. The molecule has 12 rings (SSSR count). The summed E-state index contributed by atoms with van der Waals surface area (Å²) in [6, 6.07) is 0. The molecule has 0 amide bonds. The Labute approximate surface area is 644 Å². The number of carbonyl (C=O) groups excluding carboxylic acids is 3. The largest absolute Gasteiger partial charge is 2.00 e. The third kappa shape index (κ3) is 14.9. The van der Waals surface area contributed by atoms with Crippen LogP contribution in [0.4, 0.5) is 0 Å². The molecular weight excluding hydrogens is 1220 g/mol. The van der Waals surface area contributed by atoms with Gasteiger partial charge < -0.3 is 60.3 Å². The monoisotopic (exact) mass is 1340 g/mol. The van der Waals surface area contributed by atoms with Crippen LogP contribution in [0.1, 0.15) is 276 Å². The molecule has 12 fully saturated rings. The first-order valence-corrected chi connectivity index (χ1v) is 38.1. The molecule has 0 radical (unpaired) electrons. The summed E-state index contributed by atoms with van der Waals surface area (Å²) in [5, 5.41) is 99.4. The normalized spacial score (nSPS) is 49.9. The number of fused-ring (bicyclic) bond motifs is 15. The van der Waals surface area contributed by atoms with E-state index in [2.05, 4.69) is 83.1 Å². The molecule has 0 bridgehead atoms. The summed E-state index contributed by atoms with van der Waals surface area (Å²) in [4.78, 5) is 33.0. The third-order valence-corrected chi connectivity index (χ3v) is 32.9. The average Bonchev–Trinajstić information content (AvgIpc) is 1.67. The standard InChI is InChI=1S/3C26H44O4.K.Mg.Na/c3*1-5-17-21-14-16(27)10-12-26(21,4)20-11-13-25(3)18(15(2)6-9-22(28)29)7-8-19(25)23(20)24(17)30;;;/h3*15-21,23-24,27,30H,5-14H2,1-4H3,(H,28,29);;;/q;;;+1;+2;+1/p-3/t3*15-,16-,17-,18-,19+,20+,21+,23+,24-,25-,26-;;;/m111.../s1. The number of hydrogen-bond acceptors (Lipinski definition) is 12. The first-order valence-electron chi connectivity index (χ1n) is 38.1. The van der Waals surface area contributed by atoms with Crippen LogP contribution in [0.3, 0.4) is 0 Å². The van der Waals surface area contributed by atoms with E-state index in [1.54, 1.807) is 0 Å². The molecule has 0 aliphatic heterocycles. The smallest absolute Gasteiger partial charge is 0.550 e. The van der Waals surface area contributed by atoms with E-state index in [-0.39, 0.29) is 192 Å². The molecule has 0 spiro atoms. The molecule has 0 aromatic carbocycles. The van der Waals surface area contributed by atoms with E-state index in [1.165, 1.54) is 77.0 Å². The summed E-state index contributed by atoms with van der Waals surface area (Å²) in [7, 11) is 0. The Morgan fingerprint density at radius 2 is 0.581 bits per heavy atom. The van der Waals surface area contributed by atoms with Crippen molar-refractivity contribution in [3.8, 4) is 0 Å². The fourth-order valence-electron chi connectivity index (χ4n) is 28.4. The molecule has 0 unspecified atom stereocenters. The topological polar surface area (TPSA) is 242 Å². The summed E-state index contributed by atoms with van der Waals surface area (Å²) in [5.41, 5.74) is 1.35. The number of aliphatic carboxylic acids is 3. The van der Waals surface area contributed by atoms with Gasteiger partial charge in [-0.3, -0.25) is 0 Å². The van der Waals surface area contributed by atoms with Gasteiger partial charge in [0.1, 0.15) is 0 Å². The molecule has 12 saturated carbocycles. The van der Waals surface area contributed by atoms with Gasteiger partial charge in [-0.2, -0.15) is 0 Å². The van der Waals surface area contributed by atoms with E-state index in [0.29, 0.717) is 144 Å². The summed E-state index contributed by atoms with van der Waals surface area (Å²) in [6.45, 7) is 28.2. The predicted molar refractivity (Wildman–Crippen MR) is 351 cm³/mol. The number of rotatable bonds is 15. The zero-order valence-electron chi connectivity index (χ0n) is 61.1. The third-order valence-electron chi connectivity index (χ3n) is 32.9. The van der Waals surface area contributed by atoms with Crippen LogP contribution in [0, 0.1) is 157 Å². The minimum absolute atomic E-state index is 0. The Kier molecular flexibility index (Phi) is 28.4. The van der Waals surface area contributed by atoms with Crippen molar-refractivity contribution in [3.63, 3.8) is 0 Å². The van der Waals surface area contributed by atoms with Crippen LogP contribution in [-0.4, -0.2) is 108 Å². The molecular formula is C78H129KMgNaO12+. The Morgan fingerprint density at radius 3 is 0.796 bits per heavy atom. The molecule has 516 valence electrons. The fraction of sp³-hybridized carbons (Fsp3) is 0.962. The first-order chi connectivity index (χ1) is 42.4. The van der Waals surface area contributed by atoms with Gasteiger partial charge in [0, 0.05) is 17.9 Å². The van der Waals surface area contributed by atoms with Crippen LogP contribution >= 0.6 is 0 Å². The number of carboxylic acid groups (broad SMARTS) is 3. The van der Waals surface area contributed by atoms with E-state index in [1.807, 2.05) is 0 Å². The van der Waals surface area contributed by atoms with E-state index in [4.69, 9.17) is 0 Å². The first kappa shape index (κ1) is 81.9. The van der Waals surface area contributed by atoms with Gasteiger partial charge in [0.05, 0.1) is 36.6 Å². The maximum Gasteiger partial charge on any atom is 2.00 e. The van der Waals surface area contributed by atoms with E-state index >= 15 is 0 Å². The summed E-state index contributed by atoms with van der Waals surface area (Å²) >= 11 is 0. The molecule has 6 N–H and O–H groups in total. The number of aliphatic hydroxyl groups is 6. The van der Waals surface area contributed by atoms with Gasteiger partial charge in [-0.15, -0.1) is 0 Å². The molecule has 12 aliphatic rings. The van der Waals surface area contributed by atoms with Gasteiger partial charge in [0.15, 0.2) is 0 Å². The fourth-order valence-corrected chi connectivity index (χ4v) is 28.4. The minimum Gasteiger partial charge on any atom is -0.550 e. The second-order valence-corrected chi connectivity index (χ2v) is 36.0. The Morgan fingerprint density at radius 1 is 0.366 bits per heavy atom. The van der Waals surface area contributed by atoms with Gasteiger partial charge in [-0.1, -0.05) is 102 Å². The Bertz CT molecular complexity index is 2230. The molecule has 15 heteroatoms. The maximum absolute atomic E-state index is 11.7. The van der Waals surface area contributed by atoms with E-state index in [9.17, 15) is 60.3 Å². The van der Waals surface area contributed by atoms with Crippen LogP contribution in [0.2, 0.25) is 0 Å². The van der Waals surface area contributed by atoms with Crippen LogP contribution in [-0.2, 0) is 14.4 Å². The van der Waals surface area contributed by atoms with Gasteiger partial charge >= 0.3 is 104 Å². The molecule has 0 heterocycles. The van der Waals surface area contributed by atoms with Gasteiger partial charge in [-0.05, 0) is 330 Å². The van der Waals surface area contributed by atoms with Crippen molar-refractivity contribution in [3.05, 3.63) is 0 Å². The second kappa shape index (κ2) is 32.3. The summed E-state index contributed by atoms with van der Waals surface area (Å²) in [6.07, 6.45) is 27.0.